The predicted octanol–water partition coefficient (Wildman–Crippen LogP) is 2.77. The van der Waals surface area contributed by atoms with Crippen LogP contribution in [0.25, 0.3) is 0 Å². The number of hydrogen-bond acceptors (Lipinski definition) is 3. The molecule has 0 bridgehead atoms. The van der Waals surface area contributed by atoms with E-state index in [1.807, 2.05) is 4.90 Å². The molecule has 1 aromatic rings. The average Bonchev–Trinajstić information content (AvgIpc) is 2.99. The molecule has 1 atom stereocenters. The van der Waals surface area contributed by atoms with Crippen molar-refractivity contribution < 1.29 is 4.39 Å². The first-order valence-electron chi connectivity index (χ1n) is 8.07. The highest BCUT2D eigenvalue weighted by Gasteiger charge is 2.25. The van der Waals surface area contributed by atoms with Crippen molar-refractivity contribution in [1.82, 2.24) is 15.6 Å². The fourth-order valence-corrected chi connectivity index (χ4v) is 2.65. The minimum Gasteiger partial charge on any atom is -0.356 e. The molecule has 5 nitrogen and oxygen atoms in total. The molecule has 2 N–H and O–H groups in total. The van der Waals surface area contributed by atoms with Gasteiger partial charge in [-0.2, -0.15) is 0 Å². The molecule has 0 amide bonds. The van der Waals surface area contributed by atoms with Crippen LogP contribution in [0.3, 0.4) is 0 Å². The van der Waals surface area contributed by atoms with Crippen LogP contribution >= 0.6 is 24.0 Å². The van der Waals surface area contributed by atoms with Gasteiger partial charge >= 0.3 is 0 Å². The van der Waals surface area contributed by atoms with Gasteiger partial charge < -0.3 is 15.5 Å². The van der Waals surface area contributed by atoms with Gasteiger partial charge in [-0.3, -0.25) is 4.99 Å². The smallest absolute Gasteiger partial charge is 0.191 e. The molecule has 1 fully saturated rings. The molecule has 130 valence electrons. The molecule has 1 unspecified atom stereocenters. The number of pyridine rings is 1. The number of aromatic nitrogens is 1. The van der Waals surface area contributed by atoms with Crippen molar-refractivity contribution in [3.8, 4) is 0 Å². The van der Waals surface area contributed by atoms with Gasteiger partial charge in [-0.15, -0.1) is 24.0 Å². The van der Waals surface area contributed by atoms with Crippen molar-refractivity contribution in [2.24, 2.45) is 4.99 Å². The van der Waals surface area contributed by atoms with E-state index in [1.54, 1.807) is 19.3 Å². The average molecular weight is 435 g/mol. The van der Waals surface area contributed by atoms with E-state index in [-0.39, 0.29) is 35.8 Å². The molecule has 0 radical (unpaired) electrons. The molecule has 0 aliphatic carbocycles. The highest BCUT2D eigenvalue weighted by Crippen LogP contribution is 2.20. The molecule has 1 aliphatic heterocycles. The Balaban J connectivity index is 0.00000264. The number of hydrogen-bond donors (Lipinski definition) is 2. The number of nitrogens with one attached hydrogen (secondary N) is 2. The van der Waals surface area contributed by atoms with E-state index in [4.69, 9.17) is 0 Å². The summed E-state index contributed by atoms with van der Waals surface area (Å²) in [7, 11) is 1.78. The highest BCUT2D eigenvalue weighted by atomic mass is 127. The summed E-state index contributed by atoms with van der Waals surface area (Å²) in [6.07, 6.45) is 6.16. The maximum atomic E-state index is 13.8. The molecule has 0 aromatic carbocycles. The molecule has 1 saturated heterocycles. The summed E-state index contributed by atoms with van der Waals surface area (Å²) in [5.74, 6) is 1.01. The van der Waals surface area contributed by atoms with E-state index in [9.17, 15) is 4.39 Å². The number of guanidine groups is 1. The lowest BCUT2D eigenvalue weighted by molar-refractivity contribution is 0.611. The zero-order chi connectivity index (χ0) is 15.8. The van der Waals surface area contributed by atoms with Crippen LogP contribution in [-0.2, 0) is 0 Å². The van der Waals surface area contributed by atoms with Crippen molar-refractivity contribution in [3.63, 3.8) is 0 Å². The lowest BCUT2D eigenvalue weighted by Crippen LogP contribution is -2.44. The lowest BCUT2D eigenvalue weighted by Gasteiger charge is -2.19. The lowest BCUT2D eigenvalue weighted by atomic mass is 10.2. The Labute approximate surface area is 155 Å². The van der Waals surface area contributed by atoms with Gasteiger partial charge in [0.15, 0.2) is 17.6 Å². The number of nitrogens with zero attached hydrogens (tertiary/aromatic N) is 3. The van der Waals surface area contributed by atoms with Gasteiger partial charge in [0, 0.05) is 38.9 Å². The van der Waals surface area contributed by atoms with Gasteiger partial charge in [-0.1, -0.05) is 19.8 Å². The fraction of sp³-hybridized carbons (Fsp3) is 0.625. The van der Waals surface area contributed by atoms with Crippen molar-refractivity contribution in [2.45, 2.75) is 38.6 Å². The standard InChI is InChI=1S/C16H26FN5.HI/c1-3-4-5-9-20-16(18-2)21-13-8-11-22(12-13)15-14(17)7-6-10-19-15;/h6-7,10,13H,3-5,8-9,11-12H2,1-2H3,(H2,18,20,21);1H. The van der Waals surface area contributed by atoms with Crippen LogP contribution in [0, 0.1) is 5.82 Å². The SMILES string of the molecule is CCCCCNC(=NC)NC1CCN(c2ncccc2F)C1.I. The quantitative estimate of drug-likeness (QED) is 0.312. The molecular formula is C16H27FIN5. The first-order chi connectivity index (χ1) is 10.7. The molecule has 23 heavy (non-hydrogen) atoms. The minimum absolute atomic E-state index is 0. The third-order valence-corrected chi connectivity index (χ3v) is 3.86. The van der Waals surface area contributed by atoms with E-state index in [0.717, 1.165) is 38.4 Å². The predicted molar refractivity (Wildman–Crippen MR) is 104 cm³/mol. The normalized spacial score (nSPS) is 17.8. The van der Waals surface area contributed by atoms with Crippen molar-refractivity contribution in [2.75, 3.05) is 31.6 Å². The molecule has 0 saturated carbocycles. The van der Waals surface area contributed by atoms with Crippen LogP contribution in [-0.4, -0.2) is 43.7 Å². The second kappa shape index (κ2) is 10.6. The summed E-state index contributed by atoms with van der Waals surface area (Å²) in [4.78, 5) is 10.4. The number of anilines is 1. The second-order valence-corrected chi connectivity index (χ2v) is 5.59. The number of aliphatic imine (C=N–C) groups is 1. The van der Waals surface area contributed by atoms with Gasteiger partial charge in [0.2, 0.25) is 0 Å². The van der Waals surface area contributed by atoms with Gasteiger partial charge in [0.25, 0.3) is 0 Å². The first kappa shape index (κ1) is 19.9. The molecule has 1 aliphatic rings. The Morgan fingerprint density at radius 2 is 2.30 bits per heavy atom. The van der Waals surface area contributed by atoms with E-state index in [1.165, 1.54) is 18.9 Å². The van der Waals surface area contributed by atoms with E-state index < -0.39 is 0 Å². The Kier molecular flexibility index (Phi) is 9.20. The van der Waals surface area contributed by atoms with Crippen LogP contribution in [0.4, 0.5) is 10.2 Å². The molecule has 7 heteroatoms. The van der Waals surface area contributed by atoms with Crippen molar-refractivity contribution >= 4 is 35.8 Å². The van der Waals surface area contributed by atoms with Crippen molar-refractivity contribution in [1.29, 1.82) is 0 Å². The zero-order valence-corrected chi connectivity index (χ0v) is 16.2. The fourth-order valence-electron chi connectivity index (χ4n) is 2.65. The van der Waals surface area contributed by atoms with Crippen LogP contribution in [0.15, 0.2) is 23.3 Å². The minimum atomic E-state index is -0.259. The Hall–Kier alpha value is -1.12. The van der Waals surface area contributed by atoms with Gasteiger partial charge in [-0.25, -0.2) is 9.37 Å². The van der Waals surface area contributed by atoms with E-state index in [0.29, 0.717) is 5.82 Å². The largest absolute Gasteiger partial charge is 0.356 e. The summed E-state index contributed by atoms with van der Waals surface area (Å²) in [5.41, 5.74) is 0. The van der Waals surface area contributed by atoms with Gasteiger partial charge in [-0.05, 0) is 25.0 Å². The topological polar surface area (TPSA) is 52.6 Å². The van der Waals surface area contributed by atoms with Crippen molar-refractivity contribution in [3.05, 3.63) is 24.1 Å². The molecule has 0 spiro atoms. The monoisotopic (exact) mass is 435 g/mol. The summed E-state index contributed by atoms with van der Waals surface area (Å²) in [6.45, 7) is 4.66. The zero-order valence-electron chi connectivity index (χ0n) is 13.9. The summed E-state index contributed by atoms with van der Waals surface area (Å²) >= 11 is 0. The molecule has 1 aromatic heterocycles. The van der Waals surface area contributed by atoms with Gasteiger partial charge in [0.05, 0.1) is 0 Å². The second-order valence-electron chi connectivity index (χ2n) is 5.59. The Bertz CT molecular complexity index is 497. The third-order valence-electron chi connectivity index (χ3n) is 3.86. The van der Waals surface area contributed by atoms with E-state index >= 15 is 0 Å². The van der Waals surface area contributed by atoms with Crippen LogP contribution in [0.5, 0.6) is 0 Å². The summed E-state index contributed by atoms with van der Waals surface area (Å²) in [5, 5.41) is 6.74. The van der Waals surface area contributed by atoms with Crippen LogP contribution in [0.1, 0.15) is 32.6 Å². The molecular weight excluding hydrogens is 408 g/mol. The van der Waals surface area contributed by atoms with E-state index in [2.05, 4.69) is 27.5 Å². The Morgan fingerprint density at radius 3 is 3.00 bits per heavy atom. The maximum absolute atomic E-state index is 13.8. The summed E-state index contributed by atoms with van der Waals surface area (Å²) in [6, 6.07) is 3.34. The van der Waals surface area contributed by atoms with Gasteiger partial charge in [0.1, 0.15) is 0 Å². The first-order valence-corrected chi connectivity index (χ1v) is 8.07. The number of rotatable bonds is 6. The third kappa shape index (κ3) is 6.12. The molecule has 2 heterocycles. The number of halogens is 2. The van der Waals surface area contributed by atoms with Crippen LogP contribution in [0.2, 0.25) is 0 Å². The van der Waals surface area contributed by atoms with Crippen LogP contribution < -0.4 is 15.5 Å². The Morgan fingerprint density at radius 1 is 1.48 bits per heavy atom. The number of unbranched alkanes of at least 4 members (excludes halogenated alkanes) is 2. The molecule has 2 rings (SSSR count). The maximum Gasteiger partial charge on any atom is 0.191 e. The highest BCUT2D eigenvalue weighted by molar-refractivity contribution is 14.0. The summed E-state index contributed by atoms with van der Waals surface area (Å²) < 4.78 is 13.8.